The lowest BCUT2D eigenvalue weighted by Crippen LogP contribution is -2.21. The Hall–Kier alpha value is -2.56. The van der Waals surface area contributed by atoms with Crippen LogP contribution >= 0.6 is 48.0 Å². The van der Waals surface area contributed by atoms with Crippen LogP contribution in [-0.2, 0) is 19.3 Å². The Bertz CT molecular complexity index is 1330. The van der Waals surface area contributed by atoms with E-state index in [-0.39, 0.29) is 64.0 Å². The first-order valence-corrected chi connectivity index (χ1v) is 10.8. The van der Waals surface area contributed by atoms with Crippen molar-refractivity contribution < 1.29 is 18.0 Å². The monoisotopic (exact) mass is 579 g/mol. The quantitative estimate of drug-likeness (QED) is 0.273. The van der Waals surface area contributed by atoms with Crippen molar-refractivity contribution in [2.24, 2.45) is 0 Å². The molecule has 4 aromatic rings. The first-order valence-electron chi connectivity index (χ1n) is 10.1. The first kappa shape index (κ1) is 29.7. The number of rotatable bonds is 6. The summed E-state index contributed by atoms with van der Waals surface area (Å²) in [4.78, 5) is 22.6. The van der Waals surface area contributed by atoms with Gasteiger partial charge in [0.2, 0.25) is 0 Å². The maximum Gasteiger partial charge on any atom is 0.435 e. The molecule has 4 rings (SSSR count). The molecule has 6 nitrogen and oxygen atoms in total. The normalized spacial score (nSPS) is 11.2. The summed E-state index contributed by atoms with van der Waals surface area (Å²) in [7, 11) is 1.69. The Kier molecular flexibility index (Phi) is 9.99. The molecule has 0 spiro atoms. The summed E-state index contributed by atoms with van der Waals surface area (Å²) in [6.07, 6.45) is -1.60. The number of anilines is 1. The molecule has 1 N–H and O–H groups in total. The Labute approximate surface area is 227 Å². The molecule has 1 aromatic carbocycles. The predicted octanol–water partition coefficient (Wildman–Crippen LogP) is 6.78. The summed E-state index contributed by atoms with van der Waals surface area (Å²) in [5.41, 5.74) is -0.312. The molecule has 0 saturated heterocycles. The van der Waals surface area contributed by atoms with E-state index in [1.807, 2.05) is 6.07 Å². The fraction of sp³-hybridized carbons (Fsp3) is 0.174. The highest BCUT2D eigenvalue weighted by molar-refractivity contribution is 6.40. The van der Waals surface area contributed by atoms with E-state index in [2.05, 4.69) is 15.3 Å². The van der Waals surface area contributed by atoms with Crippen LogP contribution in [0.2, 0.25) is 10.0 Å². The van der Waals surface area contributed by atoms with Gasteiger partial charge in [0.25, 0.3) is 5.91 Å². The number of alkyl halides is 3. The van der Waals surface area contributed by atoms with E-state index in [9.17, 15) is 18.0 Å². The van der Waals surface area contributed by atoms with Crippen molar-refractivity contribution in [2.75, 3.05) is 12.4 Å². The second-order valence-electron chi connectivity index (χ2n) is 7.56. The summed E-state index contributed by atoms with van der Waals surface area (Å²) in [5.74, 6) is -0.658. The molecule has 192 valence electrons. The third-order valence-corrected chi connectivity index (χ3v) is 5.66. The van der Waals surface area contributed by atoms with E-state index in [4.69, 9.17) is 23.2 Å². The van der Waals surface area contributed by atoms with Gasteiger partial charge in [0.15, 0.2) is 11.3 Å². The zero-order valence-electron chi connectivity index (χ0n) is 18.6. The molecule has 0 aliphatic heterocycles. The number of hydrogen-bond acceptors (Lipinski definition) is 4. The predicted molar refractivity (Wildman–Crippen MR) is 139 cm³/mol. The number of nitrogens with zero attached hydrogens (tertiary/aromatic N) is 4. The fourth-order valence-electron chi connectivity index (χ4n) is 3.57. The van der Waals surface area contributed by atoms with Crippen LogP contribution in [0.3, 0.4) is 0 Å². The molecule has 0 fully saturated rings. The molecule has 0 atom stereocenters. The van der Waals surface area contributed by atoms with Crippen molar-refractivity contribution in [3.05, 3.63) is 93.6 Å². The molecular formula is C23H20Cl4F3N5O. The summed E-state index contributed by atoms with van der Waals surface area (Å²) < 4.78 is 43.0. The number of amides is 1. The van der Waals surface area contributed by atoms with E-state index >= 15 is 0 Å². The van der Waals surface area contributed by atoms with Crippen molar-refractivity contribution in [3.63, 3.8) is 0 Å². The maximum absolute atomic E-state index is 13.9. The van der Waals surface area contributed by atoms with Gasteiger partial charge in [-0.2, -0.15) is 13.2 Å². The molecular weight excluding hydrogens is 561 g/mol. The number of aromatic nitrogens is 3. The number of pyridine rings is 2. The summed E-state index contributed by atoms with van der Waals surface area (Å²) in [6.45, 7) is 0.285. The minimum atomic E-state index is -4.69. The molecule has 3 aromatic heterocycles. The van der Waals surface area contributed by atoms with Gasteiger partial charge >= 0.3 is 6.18 Å². The number of nitrogens with one attached hydrogen (secondary N) is 1. The summed E-state index contributed by atoms with van der Waals surface area (Å²) in [6, 6.07) is 12.9. The van der Waals surface area contributed by atoms with E-state index in [0.717, 1.165) is 5.69 Å². The molecule has 0 aliphatic rings. The van der Waals surface area contributed by atoms with Crippen LogP contribution in [0.25, 0.3) is 5.65 Å². The van der Waals surface area contributed by atoms with Crippen LogP contribution in [0.5, 0.6) is 0 Å². The van der Waals surface area contributed by atoms with E-state index in [1.54, 1.807) is 36.3 Å². The first-order chi connectivity index (χ1) is 16.1. The van der Waals surface area contributed by atoms with Crippen LogP contribution in [0, 0.1) is 0 Å². The number of benzene rings is 1. The standard InChI is InChI=1S/C23H18Cl2F3N5O.2ClH/c1-32(12-14-6-2-3-10-29-14)13-18-20(23(26,27)28)31-21-17(9-5-11-33(18)21)30-22(34)19-15(24)7-4-8-16(19)25;;/h2-11H,12-13H2,1H3,(H,30,34);2*1H. The average molecular weight is 581 g/mol. The van der Waals surface area contributed by atoms with Gasteiger partial charge in [-0.15, -0.1) is 24.8 Å². The highest BCUT2D eigenvalue weighted by Gasteiger charge is 2.38. The van der Waals surface area contributed by atoms with E-state index in [1.165, 1.54) is 34.9 Å². The van der Waals surface area contributed by atoms with Gasteiger partial charge < -0.3 is 9.72 Å². The Morgan fingerprint density at radius 1 is 1.03 bits per heavy atom. The average Bonchev–Trinajstić information content (AvgIpc) is 3.14. The van der Waals surface area contributed by atoms with Crippen LogP contribution in [0.1, 0.15) is 27.4 Å². The lowest BCUT2D eigenvalue weighted by Gasteiger charge is -2.17. The number of halogens is 7. The van der Waals surface area contributed by atoms with Gasteiger partial charge in [-0.1, -0.05) is 35.3 Å². The Balaban J connectivity index is 0.00000228. The molecule has 0 saturated carbocycles. The number of carbonyl (C=O) groups is 1. The molecule has 0 aliphatic carbocycles. The van der Waals surface area contributed by atoms with Gasteiger partial charge in [-0.25, -0.2) is 4.98 Å². The second-order valence-corrected chi connectivity index (χ2v) is 8.38. The van der Waals surface area contributed by atoms with Gasteiger partial charge in [0, 0.05) is 25.5 Å². The molecule has 0 radical (unpaired) electrons. The van der Waals surface area contributed by atoms with Crippen LogP contribution in [0.15, 0.2) is 60.9 Å². The minimum absolute atomic E-state index is 0. The minimum Gasteiger partial charge on any atom is -0.319 e. The van der Waals surface area contributed by atoms with Crippen LogP contribution < -0.4 is 5.32 Å². The lowest BCUT2D eigenvalue weighted by atomic mass is 10.2. The van der Waals surface area contributed by atoms with Crippen molar-refractivity contribution in [1.82, 2.24) is 19.3 Å². The fourth-order valence-corrected chi connectivity index (χ4v) is 4.14. The van der Waals surface area contributed by atoms with Gasteiger partial charge in [0.1, 0.15) is 0 Å². The maximum atomic E-state index is 13.9. The van der Waals surface area contributed by atoms with E-state index in [0.29, 0.717) is 6.54 Å². The molecule has 0 bridgehead atoms. The Morgan fingerprint density at radius 2 is 1.72 bits per heavy atom. The lowest BCUT2D eigenvalue weighted by molar-refractivity contribution is -0.141. The highest BCUT2D eigenvalue weighted by atomic mass is 35.5. The zero-order chi connectivity index (χ0) is 24.5. The zero-order valence-corrected chi connectivity index (χ0v) is 21.7. The number of imidazole rings is 1. The smallest absolute Gasteiger partial charge is 0.319 e. The number of carbonyl (C=O) groups excluding carboxylic acids is 1. The van der Waals surface area contributed by atoms with Gasteiger partial charge in [0.05, 0.1) is 32.7 Å². The topological polar surface area (TPSA) is 62.5 Å². The third kappa shape index (κ3) is 6.41. The van der Waals surface area contributed by atoms with Crippen molar-refractivity contribution >= 4 is 65.3 Å². The van der Waals surface area contributed by atoms with Gasteiger partial charge in [-0.3, -0.25) is 14.7 Å². The van der Waals surface area contributed by atoms with E-state index < -0.39 is 17.8 Å². The van der Waals surface area contributed by atoms with Crippen molar-refractivity contribution in [3.8, 4) is 0 Å². The third-order valence-electron chi connectivity index (χ3n) is 5.03. The van der Waals surface area contributed by atoms with Crippen LogP contribution in [-0.4, -0.2) is 32.2 Å². The van der Waals surface area contributed by atoms with Crippen LogP contribution in [0.4, 0.5) is 18.9 Å². The number of fused-ring (bicyclic) bond motifs is 1. The van der Waals surface area contributed by atoms with Crippen molar-refractivity contribution in [1.29, 1.82) is 0 Å². The molecule has 1 amide bonds. The molecule has 36 heavy (non-hydrogen) atoms. The highest BCUT2D eigenvalue weighted by Crippen LogP contribution is 2.34. The molecule has 3 heterocycles. The Morgan fingerprint density at radius 3 is 2.33 bits per heavy atom. The SMILES string of the molecule is CN(Cc1ccccn1)Cc1c(C(F)(F)F)nc2c(NC(=O)c3c(Cl)cccc3Cl)cccn12.Cl.Cl. The largest absolute Gasteiger partial charge is 0.435 e. The van der Waals surface area contributed by atoms with Crippen molar-refractivity contribution in [2.45, 2.75) is 19.3 Å². The van der Waals surface area contributed by atoms with Gasteiger partial charge in [-0.05, 0) is 43.4 Å². The molecule has 0 unspecified atom stereocenters. The summed E-state index contributed by atoms with van der Waals surface area (Å²) >= 11 is 12.2. The second kappa shape index (κ2) is 12.1. The number of hydrogen-bond donors (Lipinski definition) is 1. The summed E-state index contributed by atoms with van der Waals surface area (Å²) in [5, 5.41) is 2.82. The molecule has 13 heteroatoms.